The van der Waals surface area contributed by atoms with Gasteiger partial charge in [-0.2, -0.15) is 0 Å². The highest BCUT2D eigenvalue weighted by molar-refractivity contribution is 5.94. The zero-order valence-electron chi connectivity index (χ0n) is 15.0. The third-order valence-electron chi connectivity index (χ3n) is 4.50. The average molecular weight is 358 g/mol. The molecule has 1 aliphatic heterocycles. The maximum atomic E-state index is 13.7. The summed E-state index contributed by atoms with van der Waals surface area (Å²) in [4.78, 5) is 21.2. The monoisotopic (exact) mass is 358 g/mol. The van der Waals surface area contributed by atoms with Gasteiger partial charge < -0.3 is 19.9 Å². The molecule has 1 aliphatic rings. The Balaban J connectivity index is 1.56. The first kappa shape index (κ1) is 18.1. The number of amides is 1. The first-order chi connectivity index (χ1) is 12.6. The lowest BCUT2D eigenvalue weighted by atomic mass is 10.2. The van der Waals surface area contributed by atoms with Crippen LogP contribution in [0.2, 0.25) is 0 Å². The number of rotatable bonds is 5. The number of hydrogen-bond donors (Lipinski definition) is 1. The quantitative estimate of drug-likeness (QED) is 0.885. The number of carbonyl (C=O) groups is 1. The summed E-state index contributed by atoms with van der Waals surface area (Å²) in [6, 6.07) is 8.07. The lowest BCUT2D eigenvalue weighted by Gasteiger charge is -2.33. The van der Waals surface area contributed by atoms with Crippen LogP contribution < -0.4 is 15.0 Å². The minimum Gasteiger partial charge on any atom is -0.494 e. The molecule has 1 aromatic carbocycles. The zero-order valence-corrected chi connectivity index (χ0v) is 15.0. The van der Waals surface area contributed by atoms with Crippen molar-refractivity contribution in [3.8, 4) is 5.75 Å². The molecule has 1 saturated heterocycles. The van der Waals surface area contributed by atoms with E-state index in [1.807, 2.05) is 12.1 Å². The van der Waals surface area contributed by atoms with Crippen LogP contribution in [0.1, 0.15) is 15.9 Å². The summed E-state index contributed by atoms with van der Waals surface area (Å²) in [6.07, 6.45) is 1.77. The first-order valence-corrected chi connectivity index (χ1v) is 8.57. The Morgan fingerprint density at radius 2 is 2.00 bits per heavy atom. The summed E-state index contributed by atoms with van der Waals surface area (Å²) >= 11 is 0. The van der Waals surface area contributed by atoms with Gasteiger partial charge in [0.25, 0.3) is 5.91 Å². The second kappa shape index (κ2) is 8.14. The molecular formula is C19H23FN4O2. The number of benzene rings is 1. The molecule has 26 heavy (non-hydrogen) atoms. The Bertz CT molecular complexity index is 759. The fourth-order valence-electron chi connectivity index (χ4n) is 2.84. The minimum absolute atomic E-state index is 0.116. The van der Waals surface area contributed by atoms with E-state index >= 15 is 0 Å². The largest absolute Gasteiger partial charge is 0.494 e. The number of likely N-dealkylation sites (N-methyl/N-ethyl adjacent to an activating group) is 1. The van der Waals surface area contributed by atoms with E-state index in [4.69, 9.17) is 4.74 Å². The Labute approximate surface area is 152 Å². The van der Waals surface area contributed by atoms with Crippen LogP contribution in [0, 0.1) is 5.82 Å². The standard InChI is InChI=1S/C19H23FN4O2/c1-23-7-9-24(10-8-23)18-6-3-14(12-21-18)13-22-19(25)15-4-5-17(26-2)16(20)11-15/h3-6,11-12H,7-10,13H2,1-2H3,(H,22,25). The van der Waals surface area contributed by atoms with E-state index in [1.54, 1.807) is 6.20 Å². The van der Waals surface area contributed by atoms with Crippen LogP contribution in [0.4, 0.5) is 10.2 Å². The number of ether oxygens (including phenoxy) is 1. The maximum Gasteiger partial charge on any atom is 0.251 e. The number of piperazine rings is 1. The van der Waals surface area contributed by atoms with Gasteiger partial charge in [0.05, 0.1) is 7.11 Å². The number of nitrogens with one attached hydrogen (secondary N) is 1. The summed E-state index contributed by atoms with van der Waals surface area (Å²) < 4.78 is 18.6. The summed E-state index contributed by atoms with van der Waals surface area (Å²) in [6.45, 7) is 4.31. The van der Waals surface area contributed by atoms with Crippen molar-refractivity contribution in [1.82, 2.24) is 15.2 Å². The lowest BCUT2D eigenvalue weighted by Crippen LogP contribution is -2.44. The van der Waals surface area contributed by atoms with Crippen molar-refractivity contribution >= 4 is 11.7 Å². The van der Waals surface area contributed by atoms with Crippen molar-refractivity contribution in [3.05, 3.63) is 53.5 Å². The number of halogens is 1. The average Bonchev–Trinajstić information content (AvgIpc) is 2.67. The second-order valence-electron chi connectivity index (χ2n) is 6.35. The van der Waals surface area contributed by atoms with Gasteiger partial charge in [-0.05, 0) is 36.9 Å². The highest BCUT2D eigenvalue weighted by Crippen LogP contribution is 2.18. The van der Waals surface area contributed by atoms with Gasteiger partial charge >= 0.3 is 0 Å². The van der Waals surface area contributed by atoms with Gasteiger partial charge in [-0.3, -0.25) is 4.79 Å². The Kier molecular flexibility index (Phi) is 5.68. The molecule has 1 amide bonds. The van der Waals surface area contributed by atoms with Crippen LogP contribution in [-0.2, 0) is 6.54 Å². The number of carbonyl (C=O) groups excluding carboxylic acids is 1. The normalized spacial score (nSPS) is 15.0. The Hall–Kier alpha value is -2.67. The fraction of sp³-hybridized carbons (Fsp3) is 0.368. The van der Waals surface area contributed by atoms with E-state index in [-0.39, 0.29) is 17.2 Å². The third kappa shape index (κ3) is 4.29. The summed E-state index contributed by atoms with van der Waals surface area (Å²) in [7, 11) is 3.50. The zero-order chi connectivity index (χ0) is 18.5. The molecular weight excluding hydrogens is 335 g/mol. The van der Waals surface area contributed by atoms with Crippen LogP contribution in [0.5, 0.6) is 5.75 Å². The number of aromatic nitrogens is 1. The molecule has 7 heteroatoms. The van der Waals surface area contributed by atoms with Gasteiger partial charge in [-0.1, -0.05) is 6.07 Å². The molecule has 1 aromatic heterocycles. The number of hydrogen-bond acceptors (Lipinski definition) is 5. The van der Waals surface area contributed by atoms with Crippen molar-refractivity contribution in [2.24, 2.45) is 0 Å². The summed E-state index contributed by atoms with van der Waals surface area (Å²) in [5, 5.41) is 2.78. The smallest absolute Gasteiger partial charge is 0.251 e. The highest BCUT2D eigenvalue weighted by Gasteiger charge is 2.15. The Morgan fingerprint density at radius 3 is 2.62 bits per heavy atom. The van der Waals surface area contributed by atoms with Crippen LogP contribution in [-0.4, -0.2) is 56.1 Å². The van der Waals surface area contributed by atoms with E-state index in [0.29, 0.717) is 6.54 Å². The van der Waals surface area contributed by atoms with Crippen molar-refractivity contribution < 1.29 is 13.9 Å². The topological polar surface area (TPSA) is 57.7 Å². The fourth-order valence-corrected chi connectivity index (χ4v) is 2.84. The predicted octanol–water partition coefficient (Wildman–Crippen LogP) is 1.91. The summed E-state index contributed by atoms with van der Waals surface area (Å²) in [5.74, 6) is 0.170. The van der Waals surface area contributed by atoms with Crippen LogP contribution in [0.3, 0.4) is 0 Å². The molecule has 0 bridgehead atoms. The molecule has 3 rings (SSSR count). The summed E-state index contributed by atoms with van der Waals surface area (Å²) in [5.41, 5.74) is 1.15. The number of nitrogens with zero attached hydrogens (tertiary/aromatic N) is 3. The molecule has 138 valence electrons. The van der Waals surface area contributed by atoms with E-state index in [9.17, 15) is 9.18 Å². The van der Waals surface area contributed by atoms with E-state index in [0.717, 1.165) is 37.6 Å². The van der Waals surface area contributed by atoms with Crippen molar-refractivity contribution in [2.75, 3.05) is 45.2 Å². The van der Waals surface area contributed by atoms with Gasteiger partial charge in [-0.15, -0.1) is 0 Å². The van der Waals surface area contributed by atoms with Gasteiger partial charge in [0.2, 0.25) is 0 Å². The molecule has 0 atom stereocenters. The Morgan fingerprint density at radius 1 is 1.23 bits per heavy atom. The highest BCUT2D eigenvalue weighted by atomic mass is 19.1. The molecule has 1 N–H and O–H groups in total. The molecule has 0 saturated carbocycles. The molecule has 0 unspecified atom stereocenters. The van der Waals surface area contributed by atoms with Gasteiger partial charge in [0, 0.05) is 44.5 Å². The molecule has 1 fully saturated rings. The maximum absolute atomic E-state index is 13.7. The number of anilines is 1. The minimum atomic E-state index is -0.557. The van der Waals surface area contributed by atoms with Gasteiger partial charge in [-0.25, -0.2) is 9.37 Å². The van der Waals surface area contributed by atoms with Crippen LogP contribution in [0.15, 0.2) is 36.5 Å². The van der Waals surface area contributed by atoms with Gasteiger partial charge in [0.1, 0.15) is 5.82 Å². The lowest BCUT2D eigenvalue weighted by molar-refractivity contribution is 0.0950. The predicted molar refractivity (Wildman–Crippen MR) is 98.1 cm³/mol. The molecule has 6 nitrogen and oxygen atoms in total. The van der Waals surface area contributed by atoms with Gasteiger partial charge in [0.15, 0.2) is 11.6 Å². The van der Waals surface area contributed by atoms with E-state index in [1.165, 1.54) is 25.3 Å². The number of methoxy groups -OCH3 is 1. The van der Waals surface area contributed by atoms with Crippen LogP contribution in [0.25, 0.3) is 0 Å². The van der Waals surface area contributed by atoms with Crippen molar-refractivity contribution in [1.29, 1.82) is 0 Å². The molecule has 2 heterocycles. The number of pyridine rings is 1. The van der Waals surface area contributed by atoms with Crippen molar-refractivity contribution in [2.45, 2.75) is 6.54 Å². The molecule has 0 aliphatic carbocycles. The second-order valence-corrected chi connectivity index (χ2v) is 6.35. The van der Waals surface area contributed by atoms with Crippen LogP contribution >= 0.6 is 0 Å². The van der Waals surface area contributed by atoms with Crippen molar-refractivity contribution in [3.63, 3.8) is 0 Å². The molecule has 0 radical (unpaired) electrons. The molecule has 2 aromatic rings. The first-order valence-electron chi connectivity index (χ1n) is 8.57. The van der Waals surface area contributed by atoms with E-state index in [2.05, 4.69) is 27.1 Å². The SMILES string of the molecule is COc1ccc(C(=O)NCc2ccc(N3CCN(C)CC3)nc2)cc1F. The molecule has 0 spiro atoms. The third-order valence-corrected chi connectivity index (χ3v) is 4.50. The van der Waals surface area contributed by atoms with E-state index < -0.39 is 5.82 Å².